The molecule has 0 spiro atoms. The zero-order chi connectivity index (χ0) is 57.4. The van der Waals surface area contributed by atoms with E-state index in [1.54, 1.807) is 0 Å². The van der Waals surface area contributed by atoms with Gasteiger partial charge in [-0.25, -0.2) is 4.98 Å². The van der Waals surface area contributed by atoms with E-state index in [1.807, 2.05) is 36.4 Å². The quantitative estimate of drug-likeness (QED) is 0.137. The molecule has 17 aromatic rings. The molecule has 0 amide bonds. The molecule has 0 atom stereocenters. The second-order valence-corrected chi connectivity index (χ2v) is 22.4. The first-order valence-corrected chi connectivity index (χ1v) is 29.6. The smallest absolute Gasteiger partial charge is 0.238 e. The molecule has 0 N–H and O–H groups in total. The van der Waals surface area contributed by atoms with E-state index < -0.39 is 0 Å². The number of hydrogen-bond donors (Lipinski definition) is 0. The van der Waals surface area contributed by atoms with Crippen LogP contribution in [-0.4, -0.2) is 28.7 Å². The largest absolute Gasteiger partial charge is 0.309 e. The summed E-state index contributed by atoms with van der Waals surface area (Å²) < 4.78 is 7.21. The number of rotatable bonds is 10. The summed E-state index contributed by atoms with van der Waals surface area (Å²) in [4.78, 5) is 16.2. The van der Waals surface area contributed by atoms with Crippen LogP contribution in [0, 0.1) is 0 Å². The molecule has 0 radical (unpaired) electrons. The number of nitrogens with zero attached hydrogens (tertiary/aromatic N) is 6. The molecule has 13 aromatic carbocycles. The Morgan fingerprint density at radius 3 is 0.874 bits per heavy atom. The van der Waals surface area contributed by atoms with E-state index in [0.29, 0.717) is 17.6 Å². The maximum atomic E-state index is 5.48. The Kier molecular flexibility index (Phi) is 11.8. The standard InChI is InChI=1S/C81H52N6/c1-8-22-53(23-9-1)60-36-41-73-67(46-60)68-47-61(54-24-10-2-11-25-54)37-42-74(68)85(73)64-40-45-77-71(50-64)72-52-65(86-75-43-38-62(55-26-12-3-13-27-55)48-69(75)70-49-63(39-44-76(70)86)56-28-14-4-15-29-56)51-66(57-30-16-5-17-31-57)78(72)87(77)81-83-79(58-32-18-6-19-33-58)82-80(84-81)59-34-20-7-21-35-59/h1-52H. The van der Waals surface area contributed by atoms with Gasteiger partial charge in [0.05, 0.1) is 33.1 Å². The van der Waals surface area contributed by atoms with Crippen molar-refractivity contribution in [3.8, 4) is 95.7 Å². The van der Waals surface area contributed by atoms with Gasteiger partial charge in [0, 0.05) is 60.4 Å². The Hall–Kier alpha value is -11.7. The fourth-order valence-electron chi connectivity index (χ4n) is 13.2. The van der Waals surface area contributed by atoms with Crippen LogP contribution in [0.5, 0.6) is 0 Å². The lowest BCUT2D eigenvalue weighted by atomic mass is 10.0. The Balaban J connectivity index is 0.985. The highest BCUT2D eigenvalue weighted by Gasteiger charge is 2.25. The van der Waals surface area contributed by atoms with E-state index in [9.17, 15) is 0 Å². The van der Waals surface area contributed by atoms with Crippen LogP contribution in [0.4, 0.5) is 0 Å². The molecular formula is C81H52N6. The van der Waals surface area contributed by atoms with Crippen molar-refractivity contribution in [2.75, 3.05) is 0 Å². The minimum Gasteiger partial charge on any atom is -0.309 e. The van der Waals surface area contributed by atoms with Gasteiger partial charge in [-0.15, -0.1) is 0 Å². The highest BCUT2D eigenvalue weighted by molar-refractivity contribution is 6.18. The maximum absolute atomic E-state index is 5.48. The normalized spacial score (nSPS) is 11.7. The summed E-state index contributed by atoms with van der Waals surface area (Å²) in [7, 11) is 0. The van der Waals surface area contributed by atoms with Gasteiger partial charge in [-0.1, -0.05) is 237 Å². The molecule has 0 fully saturated rings. The summed E-state index contributed by atoms with van der Waals surface area (Å²) in [5.74, 6) is 1.71. The van der Waals surface area contributed by atoms with Gasteiger partial charge in [0.25, 0.3) is 0 Å². The van der Waals surface area contributed by atoms with Crippen molar-refractivity contribution in [1.29, 1.82) is 0 Å². The van der Waals surface area contributed by atoms with Gasteiger partial charge in [0.2, 0.25) is 5.95 Å². The summed E-state index contributed by atoms with van der Waals surface area (Å²) in [5.41, 5.74) is 21.8. The molecule has 0 aliphatic carbocycles. The van der Waals surface area contributed by atoms with Crippen molar-refractivity contribution >= 4 is 65.4 Å². The van der Waals surface area contributed by atoms with Crippen molar-refractivity contribution in [3.05, 3.63) is 315 Å². The first-order chi connectivity index (χ1) is 43.1. The van der Waals surface area contributed by atoms with Gasteiger partial charge >= 0.3 is 0 Å². The van der Waals surface area contributed by atoms with Gasteiger partial charge in [0.15, 0.2) is 11.6 Å². The Morgan fingerprint density at radius 1 is 0.195 bits per heavy atom. The van der Waals surface area contributed by atoms with Crippen molar-refractivity contribution < 1.29 is 0 Å². The zero-order valence-corrected chi connectivity index (χ0v) is 47.2. The third-order valence-electron chi connectivity index (χ3n) is 17.3. The molecule has 0 saturated heterocycles. The van der Waals surface area contributed by atoms with Crippen LogP contribution in [0.3, 0.4) is 0 Å². The lowest BCUT2D eigenvalue weighted by Gasteiger charge is -2.15. The Labute approximate surface area is 502 Å². The van der Waals surface area contributed by atoms with Gasteiger partial charge in [-0.3, -0.25) is 4.57 Å². The molecule has 17 rings (SSSR count). The van der Waals surface area contributed by atoms with E-state index in [0.717, 1.165) is 77.5 Å². The van der Waals surface area contributed by atoms with Crippen LogP contribution in [0.25, 0.3) is 161 Å². The molecule has 87 heavy (non-hydrogen) atoms. The molecule has 6 heteroatoms. The van der Waals surface area contributed by atoms with Crippen molar-refractivity contribution in [2.45, 2.75) is 0 Å². The second kappa shape index (κ2) is 20.6. The van der Waals surface area contributed by atoms with E-state index >= 15 is 0 Å². The highest BCUT2D eigenvalue weighted by atomic mass is 15.2. The number of hydrogen-bond acceptors (Lipinski definition) is 3. The van der Waals surface area contributed by atoms with Gasteiger partial charge in [-0.2, -0.15) is 9.97 Å². The molecule has 0 saturated carbocycles. The molecule has 0 aliphatic rings. The summed E-state index contributed by atoms with van der Waals surface area (Å²) in [6.07, 6.45) is 0. The minimum absolute atomic E-state index is 0.526. The third-order valence-corrected chi connectivity index (χ3v) is 17.3. The van der Waals surface area contributed by atoms with E-state index in [1.165, 1.54) is 66.1 Å². The molecule has 4 heterocycles. The monoisotopic (exact) mass is 1110 g/mol. The van der Waals surface area contributed by atoms with Crippen LogP contribution in [0.1, 0.15) is 0 Å². The summed E-state index contributed by atoms with van der Waals surface area (Å²) in [6, 6.07) is 114. The SMILES string of the molecule is c1ccc(-c2ccc3c(c2)c2cc(-c4ccccc4)ccc2n3-c2ccc3c(c2)c2cc(-n4c5ccc(-c6ccccc6)cc5c5cc(-c6ccccc6)ccc54)cc(-c4ccccc4)c2n3-c2nc(-c3ccccc3)nc(-c3ccccc3)n2)cc1. The molecule has 4 aromatic heterocycles. The van der Waals surface area contributed by atoms with E-state index in [2.05, 4.69) is 293 Å². The summed E-state index contributed by atoms with van der Waals surface area (Å²) >= 11 is 0. The predicted molar refractivity (Wildman–Crippen MR) is 361 cm³/mol. The maximum Gasteiger partial charge on any atom is 0.238 e. The predicted octanol–water partition coefficient (Wildman–Crippen LogP) is 20.8. The van der Waals surface area contributed by atoms with Crippen LogP contribution in [0.2, 0.25) is 0 Å². The van der Waals surface area contributed by atoms with Crippen molar-refractivity contribution in [3.63, 3.8) is 0 Å². The van der Waals surface area contributed by atoms with Crippen LogP contribution < -0.4 is 0 Å². The highest BCUT2D eigenvalue weighted by Crippen LogP contribution is 2.45. The molecule has 0 bridgehead atoms. The zero-order valence-electron chi connectivity index (χ0n) is 47.2. The van der Waals surface area contributed by atoms with Crippen LogP contribution >= 0.6 is 0 Å². The lowest BCUT2D eigenvalue weighted by Crippen LogP contribution is -2.07. The molecule has 0 unspecified atom stereocenters. The van der Waals surface area contributed by atoms with E-state index in [4.69, 9.17) is 15.0 Å². The van der Waals surface area contributed by atoms with Crippen LogP contribution in [0.15, 0.2) is 315 Å². The van der Waals surface area contributed by atoms with Crippen molar-refractivity contribution in [2.24, 2.45) is 0 Å². The molecule has 0 aliphatic heterocycles. The van der Waals surface area contributed by atoms with E-state index in [-0.39, 0.29) is 0 Å². The summed E-state index contributed by atoms with van der Waals surface area (Å²) in [5, 5.41) is 6.84. The molecule has 6 nitrogen and oxygen atoms in total. The lowest BCUT2D eigenvalue weighted by molar-refractivity contribution is 0.953. The number of fused-ring (bicyclic) bond motifs is 9. The molecule has 406 valence electrons. The topological polar surface area (TPSA) is 53.5 Å². The fourth-order valence-corrected chi connectivity index (χ4v) is 13.2. The summed E-state index contributed by atoms with van der Waals surface area (Å²) in [6.45, 7) is 0. The van der Waals surface area contributed by atoms with Crippen molar-refractivity contribution in [1.82, 2.24) is 28.7 Å². The van der Waals surface area contributed by atoms with Gasteiger partial charge in [-0.05, 0) is 129 Å². The van der Waals surface area contributed by atoms with Gasteiger partial charge in [0.1, 0.15) is 0 Å². The van der Waals surface area contributed by atoms with Gasteiger partial charge < -0.3 is 9.13 Å². The number of benzene rings is 13. The minimum atomic E-state index is 0.526. The first-order valence-electron chi connectivity index (χ1n) is 29.6. The Bertz CT molecular complexity index is 5210. The average molecular weight is 1110 g/mol. The second-order valence-electron chi connectivity index (χ2n) is 22.4. The Morgan fingerprint density at radius 2 is 0.494 bits per heavy atom. The molecular weight excluding hydrogens is 1060 g/mol. The first kappa shape index (κ1) is 49.8. The average Bonchev–Trinajstić information content (AvgIpc) is 1.92. The third kappa shape index (κ3) is 8.53. The number of aromatic nitrogens is 6. The van der Waals surface area contributed by atoms with Crippen LogP contribution in [-0.2, 0) is 0 Å². The fraction of sp³-hybridized carbons (Fsp3) is 0.